The van der Waals surface area contributed by atoms with Crippen molar-refractivity contribution in [3.05, 3.63) is 0 Å². The molecule has 0 saturated carbocycles. The zero-order valence-electron chi connectivity index (χ0n) is 6.31. The fraction of sp³-hybridized carbons (Fsp3) is 1.00. The van der Waals surface area contributed by atoms with Crippen LogP contribution >= 0.6 is 0 Å². The number of hydrogen-bond donors (Lipinski definition) is 0. The zero-order valence-corrected chi connectivity index (χ0v) is 6.31. The Morgan fingerprint density at radius 3 is 2.56 bits per heavy atom. The van der Waals surface area contributed by atoms with Crippen LogP contribution in [0.15, 0.2) is 0 Å². The molecule has 2 unspecified atom stereocenters. The molecule has 9 heavy (non-hydrogen) atoms. The quantitative estimate of drug-likeness (QED) is 0.531. The molecule has 1 heterocycles. The van der Waals surface area contributed by atoms with Crippen molar-refractivity contribution in [2.24, 2.45) is 0 Å². The van der Waals surface area contributed by atoms with E-state index in [4.69, 9.17) is 9.47 Å². The van der Waals surface area contributed by atoms with Gasteiger partial charge in [0.05, 0.1) is 18.3 Å². The van der Waals surface area contributed by atoms with Crippen LogP contribution in [-0.2, 0) is 9.47 Å². The average Bonchev–Trinajstić information content (AvgIpc) is 2.13. The Morgan fingerprint density at radius 2 is 2.33 bits per heavy atom. The van der Waals surface area contributed by atoms with Gasteiger partial charge >= 0.3 is 0 Å². The molecule has 0 amide bonds. The lowest BCUT2D eigenvalue weighted by atomic mass is 10.0. The molecule has 1 aliphatic rings. The van der Waals surface area contributed by atoms with Crippen molar-refractivity contribution in [1.29, 1.82) is 0 Å². The first-order chi connectivity index (χ1) is 4.16. The molecule has 0 spiro atoms. The number of rotatable bonds is 1. The van der Waals surface area contributed by atoms with E-state index in [1.54, 1.807) is 7.11 Å². The molecule has 1 fully saturated rings. The highest BCUT2D eigenvalue weighted by Gasteiger charge is 2.33. The Balaban J connectivity index is 2.45. The highest BCUT2D eigenvalue weighted by Crippen LogP contribution is 2.25. The summed E-state index contributed by atoms with van der Waals surface area (Å²) in [6.45, 7) is 4.89. The lowest BCUT2D eigenvalue weighted by Gasteiger charge is -2.18. The van der Waals surface area contributed by atoms with E-state index in [1.807, 2.05) is 0 Å². The van der Waals surface area contributed by atoms with Crippen LogP contribution in [0.5, 0.6) is 0 Å². The van der Waals surface area contributed by atoms with Crippen LogP contribution in [0.2, 0.25) is 0 Å². The molecule has 0 bridgehead atoms. The number of hydrogen-bond acceptors (Lipinski definition) is 2. The van der Waals surface area contributed by atoms with Gasteiger partial charge in [0.15, 0.2) is 0 Å². The van der Waals surface area contributed by atoms with Crippen LogP contribution < -0.4 is 0 Å². The van der Waals surface area contributed by atoms with Gasteiger partial charge in [0.25, 0.3) is 0 Å². The lowest BCUT2D eigenvalue weighted by molar-refractivity contribution is -0.00346. The van der Waals surface area contributed by atoms with Crippen LogP contribution in [0.1, 0.15) is 20.3 Å². The largest absolute Gasteiger partial charge is 0.376 e. The van der Waals surface area contributed by atoms with Crippen molar-refractivity contribution in [3.63, 3.8) is 0 Å². The summed E-state index contributed by atoms with van der Waals surface area (Å²) < 4.78 is 10.6. The second kappa shape index (κ2) is 2.27. The minimum Gasteiger partial charge on any atom is -0.376 e. The molecule has 0 radical (unpaired) electrons. The summed E-state index contributed by atoms with van der Waals surface area (Å²) in [6.07, 6.45) is 1.39. The van der Waals surface area contributed by atoms with Crippen LogP contribution in [0.4, 0.5) is 0 Å². The molecule has 0 N–H and O–H groups in total. The molecule has 1 saturated heterocycles. The van der Waals surface area contributed by atoms with Gasteiger partial charge in [0.2, 0.25) is 0 Å². The Hall–Kier alpha value is -0.0800. The molecule has 1 rings (SSSR count). The SMILES string of the molecule is COC1(C)COC(C)C1. The standard InChI is InChI=1S/C7H14O2/c1-6-4-7(2,8-3)5-9-6/h6H,4-5H2,1-3H3. The average molecular weight is 130 g/mol. The fourth-order valence-corrected chi connectivity index (χ4v) is 1.19. The summed E-state index contributed by atoms with van der Waals surface area (Å²) in [5.74, 6) is 0. The molecule has 2 atom stereocenters. The van der Waals surface area contributed by atoms with Gasteiger partial charge in [-0.1, -0.05) is 0 Å². The van der Waals surface area contributed by atoms with Crippen LogP contribution in [-0.4, -0.2) is 25.4 Å². The van der Waals surface area contributed by atoms with Gasteiger partial charge < -0.3 is 9.47 Å². The predicted octanol–water partition coefficient (Wildman–Crippen LogP) is 1.20. The normalized spacial score (nSPS) is 43.7. The smallest absolute Gasteiger partial charge is 0.0907 e. The van der Waals surface area contributed by atoms with Gasteiger partial charge in [-0.2, -0.15) is 0 Å². The Labute approximate surface area is 56.2 Å². The van der Waals surface area contributed by atoms with E-state index in [0.717, 1.165) is 13.0 Å². The summed E-state index contributed by atoms with van der Waals surface area (Å²) >= 11 is 0. The summed E-state index contributed by atoms with van der Waals surface area (Å²) in [7, 11) is 1.74. The van der Waals surface area contributed by atoms with Gasteiger partial charge in [0, 0.05) is 13.5 Å². The highest BCUT2D eigenvalue weighted by atomic mass is 16.6. The first-order valence-corrected chi connectivity index (χ1v) is 3.33. The van der Waals surface area contributed by atoms with Crippen molar-refractivity contribution in [1.82, 2.24) is 0 Å². The molecular formula is C7H14O2. The topological polar surface area (TPSA) is 18.5 Å². The van der Waals surface area contributed by atoms with Crippen molar-refractivity contribution in [2.45, 2.75) is 32.0 Å². The maximum atomic E-state index is 5.33. The van der Waals surface area contributed by atoms with E-state index < -0.39 is 0 Å². The van der Waals surface area contributed by atoms with Crippen molar-refractivity contribution in [2.75, 3.05) is 13.7 Å². The van der Waals surface area contributed by atoms with Gasteiger partial charge in [-0.3, -0.25) is 0 Å². The van der Waals surface area contributed by atoms with Crippen LogP contribution in [0.25, 0.3) is 0 Å². The minimum absolute atomic E-state index is 0.0145. The molecule has 2 heteroatoms. The minimum atomic E-state index is -0.0145. The van der Waals surface area contributed by atoms with Gasteiger partial charge in [-0.15, -0.1) is 0 Å². The first-order valence-electron chi connectivity index (χ1n) is 3.33. The summed E-state index contributed by atoms with van der Waals surface area (Å²) in [5, 5.41) is 0. The maximum absolute atomic E-state index is 5.33. The number of methoxy groups -OCH3 is 1. The summed E-state index contributed by atoms with van der Waals surface area (Å²) in [6, 6.07) is 0. The van der Waals surface area contributed by atoms with Crippen molar-refractivity contribution >= 4 is 0 Å². The van der Waals surface area contributed by atoms with Crippen molar-refractivity contribution in [3.8, 4) is 0 Å². The third-order valence-corrected chi connectivity index (χ3v) is 1.89. The van der Waals surface area contributed by atoms with Gasteiger partial charge in [-0.05, 0) is 13.8 Å². The third kappa shape index (κ3) is 1.43. The molecule has 0 aromatic rings. The van der Waals surface area contributed by atoms with E-state index >= 15 is 0 Å². The van der Waals surface area contributed by atoms with Gasteiger partial charge in [-0.25, -0.2) is 0 Å². The molecule has 54 valence electrons. The van der Waals surface area contributed by atoms with E-state index in [2.05, 4.69) is 13.8 Å². The molecule has 0 aromatic carbocycles. The van der Waals surface area contributed by atoms with E-state index in [-0.39, 0.29) is 5.60 Å². The summed E-state index contributed by atoms with van der Waals surface area (Å²) in [4.78, 5) is 0. The van der Waals surface area contributed by atoms with Crippen molar-refractivity contribution < 1.29 is 9.47 Å². The van der Waals surface area contributed by atoms with E-state index in [1.165, 1.54) is 0 Å². The Bertz CT molecular complexity index is 103. The second-order valence-electron chi connectivity index (χ2n) is 2.98. The fourth-order valence-electron chi connectivity index (χ4n) is 1.19. The lowest BCUT2D eigenvalue weighted by Crippen LogP contribution is -2.27. The van der Waals surface area contributed by atoms with Crippen LogP contribution in [0, 0.1) is 0 Å². The number of ether oxygens (including phenoxy) is 2. The Morgan fingerprint density at radius 1 is 1.67 bits per heavy atom. The predicted molar refractivity (Wildman–Crippen MR) is 35.4 cm³/mol. The maximum Gasteiger partial charge on any atom is 0.0907 e. The van der Waals surface area contributed by atoms with Gasteiger partial charge in [0.1, 0.15) is 0 Å². The zero-order chi connectivity index (χ0) is 6.91. The summed E-state index contributed by atoms with van der Waals surface area (Å²) in [5.41, 5.74) is -0.0145. The molecule has 0 aliphatic carbocycles. The molecule has 0 aromatic heterocycles. The van der Waals surface area contributed by atoms with E-state index in [9.17, 15) is 0 Å². The monoisotopic (exact) mass is 130 g/mol. The highest BCUT2D eigenvalue weighted by molar-refractivity contribution is 4.83. The van der Waals surface area contributed by atoms with Crippen LogP contribution in [0.3, 0.4) is 0 Å². The molecule has 2 nitrogen and oxygen atoms in total. The Kier molecular flexibility index (Phi) is 1.78. The molecule has 1 aliphatic heterocycles. The third-order valence-electron chi connectivity index (χ3n) is 1.89. The molecular weight excluding hydrogens is 116 g/mol. The first kappa shape index (κ1) is 7.03. The van der Waals surface area contributed by atoms with E-state index in [0.29, 0.717) is 6.10 Å². The second-order valence-corrected chi connectivity index (χ2v) is 2.98.